The van der Waals surface area contributed by atoms with E-state index in [2.05, 4.69) is 87.7 Å². The van der Waals surface area contributed by atoms with Crippen LogP contribution in [0.15, 0.2) is 85.1 Å². The molecule has 2 heterocycles. The predicted molar refractivity (Wildman–Crippen MR) is 134 cm³/mol. The zero-order valence-electron chi connectivity index (χ0n) is 18.4. The standard InChI is InChI=1S/C28H30ClN3/c29-26-14-6-4-13-25(26)28(22-9-2-1-3-10-22)32-19-17-31(18-20-32)16-8-11-23-21-30-27-15-7-5-12-24(23)27/h1-7,9-10,12-15,21,28,30H,8,11,16-20H2. The molecule has 4 heteroatoms. The first-order valence-electron chi connectivity index (χ1n) is 11.6. The summed E-state index contributed by atoms with van der Waals surface area (Å²) in [7, 11) is 0. The molecule has 0 bridgehead atoms. The van der Waals surface area contributed by atoms with E-state index in [4.69, 9.17) is 11.6 Å². The first-order valence-corrected chi connectivity index (χ1v) is 12.0. The SMILES string of the molecule is Clc1ccccc1C(c1ccccc1)N1CCN(CCCc2c[nH]c3ccccc23)CC1. The Labute approximate surface area is 195 Å². The van der Waals surface area contributed by atoms with Crippen molar-refractivity contribution in [3.05, 3.63) is 107 Å². The van der Waals surface area contributed by atoms with Crippen LogP contribution in [0.3, 0.4) is 0 Å². The number of benzene rings is 3. The van der Waals surface area contributed by atoms with Gasteiger partial charge in [0.05, 0.1) is 6.04 Å². The molecular formula is C28H30ClN3. The maximum atomic E-state index is 6.64. The fraction of sp³-hybridized carbons (Fsp3) is 0.286. The lowest BCUT2D eigenvalue weighted by molar-refractivity contribution is 0.109. The van der Waals surface area contributed by atoms with Crippen molar-refractivity contribution in [2.24, 2.45) is 0 Å². The summed E-state index contributed by atoms with van der Waals surface area (Å²) in [6.45, 7) is 5.45. The Kier molecular flexibility index (Phi) is 6.59. The van der Waals surface area contributed by atoms with Gasteiger partial charge in [0.1, 0.15) is 0 Å². The van der Waals surface area contributed by atoms with E-state index in [-0.39, 0.29) is 6.04 Å². The normalized spacial score (nSPS) is 16.4. The lowest BCUT2D eigenvalue weighted by Gasteiger charge is -2.40. The van der Waals surface area contributed by atoms with Gasteiger partial charge in [-0.15, -0.1) is 0 Å². The number of hydrogen-bond acceptors (Lipinski definition) is 2. The van der Waals surface area contributed by atoms with Crippen molar-refractivity contribution in [3.63, 3.8) is 0 Å². The number of hydrogen-bond donors (Lipinski definition) is 1. The van der Waals surface area contributed by atoms with Crippen molar-refractivity contribution in [1.82, 2.24) is 14.8 Å². The zero-order chi connectivity index (χ0) is 21.8. The maximum absolute atomic E-state index is 6.64. The highest BCUT2D eigenvalue weighted by molar-refractivity contribution is 6.31. The summed E-state index contributed by atoms with van der Waals surface area (Å²) in [6, 6.07) is 27.9. The third-order valence-electron chi connectivity index (χ3n) is 6.68. The molecule has 1 unspecified atom stereocenters. The highest BCUT2D eigenvalue weighted by atomic mass is 35.5. The molecule has 0 spiro atoms. The van der Waals surface area contributed by atoms with Crippen LogP contribution in [-0.4, -0.2) is 47.5 Å². The molecule has 164 valence electrons. The summed E-state index contributed by atoms with van der Waals surface area (Å²) in [4.78, 5) is 8.60. The third-order valence-corrected chi connectivity index (χ3v) is 7.03. The molecule has 4 aromatic rings. The number of aromatic nitrogens is 1. The Morgan fingerprint density at radius 3 is 2.34 bits per heavy atom. The van der Waals surface area contributed by atoms with E-state index < -0.39 is 0 Å². The fourth-order valence-electron chi connectivity index (χ4n) is 5.00. The van der Waals surface area contributed by atoms with E-state index in [1.165, 1.54) is 34.0 Å². The molecule has 1 atom stereocenters. The first-order chi connectivity index (χ1) is 15.8. The minimum absolute atomic E-state index is 0.207. The van der Waals surface area contributed by atoms with Crippen molar-refractivity contribution in [2.75, 3.05) is 32.7 Å². The predicted octanol–water partition coefficient (Wildman–Crippen LogP) is 6.16. The molecule has 0 amide bonds. The average Bonchev–Trinajstić information content (AvgIpc) is 3.25. The molecule has 3 nitrogen and oxygen atoms in total. The van der Waals surface area contributed by atoms with Gasteiger partial charge in [-0.05, 0) is 48.2 Å². The molecule has 3 aromatic carbocycles. The van der Waals surface area contributed by atoms with Gasteiger partial charge in [-0.3, -0.25) is 4.90 Å². The molecule has 1 N–H and O–H groups in total. The number of rotatable bonds is 7. The number of piperazine rings is 1. The number of halogens is 1. The molecular weight excluding hydrogens is 414 g/mol. The van der Waals surface area contributed by atoms with E-state index in [9.17, 15) is 0 Å². The number of nitrogens with zero attached hydrogens (tertiary/aromatic N) is 2. The quantitative estimate of drug-likeness (QED) is 0.369. The van der Waals surface area contributed by atoms with Crippen molar-refractivity contribution in [3.8, 4) is 0 Å². The highest BCUT2D eigenvalue weighted by Crippen LogP contribution is 2.33. The van der Waals surface area contributed by atoms with Crippen molar-refractivity contribution < 1.29 is 0 Å². The van der Waals surface area contributed by atoms with Crippen LogP contribution < -0.4 is 0 Å². The van der Waals surface area contributed by atoms with E-state index in [0.29, 0.717) is 0 Å². The Balaban J connectivity index is 1.21. The minimum Gasteiger partial charge on any atom is -0.361 e. The van der Waals surface area contributed by atoms with Gasteiger partial charge in [0.2, 0.25) is 0 Å². The summed E-state index contributed by atoms with van der Waals surface area (Å²) in [5, 5.41) is 2.21. The van der Waals surface area contributed by atoms with Gasteiger partial charge >= 0.3 is 0 Å². The van der Waals surface area contributed by atoms with Gasteiger partial charge in [-0.25, -0.2) is 0 Å². The Morgan fingerprint density at radius 1 is 0.812 bits per heavy atom. The van der Waals surface area contributed by atoms with E-state index in [0.717, 1.165) is 44.2 Å². The Hall–Kier alpha value is -2.59. The maximum Gasteiger partial charge on any atom is 0.0617 e. The third kappa shape index (κ3) is 4.61. The number of aryl methyl sites for hydroxylation is 1. The first kappa shape index (κ1) is 21.3. The fourth-order valence-corrected chi connectivity index (χ4v) is 5.24. The average molecular weight is 444 g/mol. The molecule has 1 aliphatic heterocycles. The molecule has 0 aliphatic carbocycles. The van der Waals surface area contributed by atoms with Crippen LogP contribution in [0.1, 0.15) is 29.2 Å². The van der Waals surface area contributed by atoms with Crippen LogP contribution in [-0.2, 0) is 6.42 Å². The second kappa shape index (κ2) is 9.91. The summed E-state index contributed by atoms with van der Waals surface area (Å²) in [5.74, 6) is 0. The van der Waals surface area contributed by atoms with Crippen LogP contribution in [0, 0.1) is 0 Å². The summed E-state index contributed by atoms with van der Waals surface area (Å²) in [6.07, 6.45) is 4.49. The van der Waals surface area contributed by atoms with Crippen LogP contribution in [0.4, 0.5) is 0 Å². The van der Waals surface area contributed by atoms with Crippen molar-refractivity contribution in [2.45, 2.75) is 18.9 Å². The van der Waals surface area contributed by atoms with Crippen LogP contribution in [0.25, 0.3) is 10.9 Å². The van der Waals surface area contributed by atoms with Gasteiger partial charge in [-0.2, -0.15) is 0 Å². The van der Waals surface area contributed by atoms with E-state index in [1.54, 1.807) is 0 Å². The number of nitrogens with one attached hydrogen (secondary N) is 1. The van der Waals surface area contributed by atoms with Gasteiger partial charge in [-0.1, -0.05) is 78.3 Å². The Morgan fingerprint density at radius 2 is 1.53 bits per heavy atom. The molecule has 0 radical (unpaired) electrons. The molecule has 5 rings (SSSR count). The zero-order valence-corrected chi connectivity index (χ0v) is 19.1. The smallest absolute Gasteiger partial charge is 0.0617 e. The number of H-pyrrole nitrogens is 1. The largest absolute Gasteiger partial charge is 0.361 e. The van der Waals surface area contributed by atoms with Gasteiger partial charge in [0.25, 0.3) is 0 Å². The van der Waals surface area contributed by atoms with Crippen molar-refractivity contribution >= 4 is 22.5 Å². The molecule has 1 saturated heterocycles. The molecule has 1 aromatic heterocycles. The van der Waals surface area contributed by atoms with Gasteiger partial charge < -0.3 is 9.88 Å². The minimum atomic E-state index is 0.207. The number of para-hydroxylation sites is 1. The molecule has 32 heavy (non-hydrogen) atoms. The van der Waals surface area contributed by atoms with Gasteiger partial charge in [0, 0.05) is 48.3 Å². The molecule has 1 aliphatic rings. The topological polar surface area (TPSA) is 22.3 Å². The van der Waals surface area contributed by atoms with Crippen LogP contribution in [0.2, 0.25) is 5.02 Å². The number of aromatic amines is 1. The van der Waals surface area contributed by atoms with Crippen LogP contribution in [0.5, 0.6) is 0 Å². The lowest BCUT2D eigenvalue weighted by Crippen LogP contribution is -2.48. The molecule has 0 saturated carbocycles. The summed E-state index contributed by atoms with van der Waals surface area (Å²) in [5.41, 5.74) is 5.19. The summed E-state index contributed by atoms with van der Waals surface area (Å²) >= 11 is 6.64. The van der Waals surface area contributed by atoms with Gasteiger partial charge in [0.15, 0.2) is 0 Å². The highest BCUT2D eigenvalue weighted by Gasteiger charge is 2.27. The second-order valence-electron chi connectivity index (χ2n) is 8.68. The van der Waals surface area contributed by atoms with E-state index >= 15 is 0 Å². The lowest BCUT2D eigenvalue weighted by atomic mass is 9.96. The summed E-state index contributed by atoms with van der Waals surface area (Å²) < 4.78 is 0. The Bertz CT molecular complexity index is 1150. The monoisotopic (exact) mass is 443 g/mol. The number of fused-ring (bicyclic) bond motifs is 1. The second-order valence-corrected chi connectivity index (χ2v) is 9.08. The van der Waals surface area contributed by atoms with Crippen LogP contribution >= 0.6 is 11.6 Å². The van der Waals surface area contributed by atoms with Crippen molar-refractivity contribution in [1.29, 1.82) is 0 Å². The van der Waals surface area contributed by atoms with E-state index in [1.807, 2.05) is 12.1 Å². The molecule has 1 fully saturated rings.